The van der Waals surface area contributed by atoms with Crippen molar-refractivity contribution >= 4 is 5.91 Å². The molecule has 0 spiro atoms. The maximum absolute atomic E-state index is 12.6. The molecule has 0 heterocycles. The molecular formula is C24H25NO3. The number of rotatable bonds is 9. The molecule has 0 bridgehead atoms. The quantitative estimate of drug-likeness (QED) is 0.568. The van der Waals surface area contributed by atoms with Crippen LogP contribution in [0, 0.1) is 0 Å². The number of carbonyl (C=O) groups is 1. The summed E-state index contributed by atoms with van der Waals surface area (Å²) in [5, 5.41) is 2.94. The molecule has 4 nitrogen and oxygen atoms in total. The van der Waals surface area contributed by atoms with Crippen molar-refractivity contribution in [3.8, 4) is 11.5 Å². The van der Waals surface area contributed by atoms with Crippen LogP contribution in [0.1, 0.15) is 21.5 Å². The third-order valence-electron chi connectivity index (χ3n) is 4.50. The Hall–Kier alpha value is -3.27. The second-order valence-electron chi connectivity index (χ2n) is 6.40. The minimum absolute atomic E-state index is 0.0766. The van der Waals surface area contributed by atoms with E-state index in [4.69, 9.17) is 9.47 Å². The summed E-state index contributed by atoms with van der Waals surface area (Å²) in [7, 11) is 1.61. The highest BCUT2D eigenvalue weighted by atomic mass is 16.5. The van der Waals surface area contributed by atoms with Crippen LogP contribution >= 0.6 is 0 Å². The number of ether oxygens (including phenoxy) is 2. The fraction of sp³-hybridized carbons (Fsp3) is 0.208. The molecule has 3 aromatic rings. The molecule has 0 saturated heterocycles. The smallest absolute Gasteiger partial charge is 0.251 e. The van der Waals surface area contributed by atoms with E-state index < -0.39 is 0 Å². The molecule has 0 aliphatic rings. The number of nitrogens with one attached hydrogen (secondary N) is 1. The molecule has 0 unspecified atom stereocenters. The number of methoxy groups -OCH3 is 1. The summed E-state index contributed by atoms with van der Waals surface area (Å²) in [4.78, 5) is 12.6. The van der Waals surface area contributed by atoms with Gasteiger partial charge in [-0.1, -0.05) is 60.7 Å². The molecule has 3 rings (SSSR count). The molecule has 1 amide bonds. The van der Waals surface area contributed by atoms with Gasteiger partial charge in [-0.15, -0.1) is 0 Å². The number of para-hydroxylation sites is 2. The average Bonchev–Trinajstić information content (AvgIpc) is 2.76. The van der Waals surface area contributed by atoms with Gasteiger partial charge in [-0.2, -0.15) is 0 Å². The van der Waals surface area contributed by atoms with Crippen molar-refractivity contribution in [3.63, 3.8) is 0 Å². The summed E-state index contributed by atoms with van der Waals surface area (Å²) < 4.78 is 11.0. The van der Waals surface area contributed by atoms with E-state index in [1.165, 1.54) is 5.56 Å². The van der Waals surface area contributed by atoms with Gasteiger partial charge < -0.3 is 14.8 Å². The number of hydrogen-bond donors (Lipinski definition) is 1. The van der Waals surface area contributed by atoms with Crippen molar-refractivity contribution in [2.75, 3.05) is 20.3 Å². The molecule has 0 aliphatic carbocycles. The monoisotopic (exact) mass is 375 g/mol. The predicted molar refractivity (Wildman–Crippen MR) is 111 cm³/mol. The van der Waals surface area contributed by atoms with E-state index >= 15 is 0 Å². The molecule has 4 heteroatoms. The lowest BCUT2D eigenvalue weighted by Crippen LogP contribution is -2.29. The van der Waals surface area contributed by atoms with Crippen LogP contribution in [0.3, 0.4) is 0 Å². The van der Waals surface area contributed by atoms with Crippen molar-refractivity contribution in [1.82, 2.24) is 5.32 Å². The summed E-state index contributed by atoms with van der Waals surface area (Å²) >= 11 is 0. The van der Waals surface area contributed by atoms with Gasteiger partial charge in [0.25, 0.3) is 5.91 Å². The highest BCUT2D eigenvalue weighted by Crippen LogP contribution is 2.25. The largest absolute Gasteiger partial charge is 0.493 e. The Morgan fingerprint density at radius 3 is 2.29 bits per heavy atom. The molecule has 3 aromatic carbocycles. The Bertz CT molecular complexity index is 893. The maximum Gasteiger partial charge on any atom is 0.251 e. The molecule has 28 heavy (non-hydrogen) atoms. The number of carbonyl (C=O) groups excluding carboxylic acids is 1. The maximum atomic E-state index is 12.6. The zero-order valence-electron chi connectivity index (χ0n) is 16.1. The first kappa shape index (κ1) is 19.5. The van der Waals surface area contributed by atoms with Crippen LogP contribution in [0.5, 0.6) is 11.5 Å². The van der Waals surface area contributed by atoms with Crippen LogP contribution in [-0.2, 0) is 12.8 Å². The molecule has 144 valence electrons. The lowest BCUT2D eigenvalue weighted by atomic mass is 9.99. The van der Waals surface area contributed by atoms with E-state index in [-0.39, 0.29) is 5.91 Å². The van der Waals surface area contributed by atoms with Gasteiger partial charge in [0.15, 0.2) is 11.5 Å². The second-order valence-corrected chi connectivity index (χ2v) is 6.40. The van der Waals surface area contributed by atoms with E-state index in [0.29, 0.717) is 24.7 Å². The minimum Gasteiger partial charge on any atom is -0.493 e. The van der Waals surface area contributed by atoms with Crippen molar-refractivity contribution in [2.45, 2.75) is 12.8 Å². The SMILES string of the molecule is COc1ccccc1OCCNC(=O)c1ccccc1CCc1ccccc1. The molecule has 0 aromatic heterocycles. The fourth-order valence-electron chi connectivity index (χ4n) is 3.04. The lowest BCUT2D eigenvalue weighted by Gasteiger charge is -2.12. The zero-order valence-corrected chi connectivity index (χ0v) is 16.1. The third-order valence-corrected chi connectivity index (χ3v) is 4.50. The van der Waals surface area contributed by atoms with E-state index in [1.54, 1.807) is 7.11 Å². The number of benzene rings is 3. The van der Waals surface area contributed by atoms with Crippen LogP contribution < -0.4 is 14.8 Å². The van der Waals surface area contributed by atoms with Crippen LogP contribution in [0.4, 0.5) is 0 Å². The minimum atomic E-state index is -0.0766. The van der Waals surface area contributed by atoms with E-state index in [2.05, 4.69) is 17.4 Å². The van der Waals surface area contributed by atoms with Crippen LogP contribution in [0.25, 0.3) is 0 Å². The molecule has 0 saturated carbocycles. The average molecular weight is 375 g/mol. The normalized spacial score (nSPS) is 10.3. The first-order chi connectivity index (χ1) is 13.8. The van der Waals surface area contributed by atoms with Crippen molar-refractivity contribution < 1.29 is 14.3 Å². The Kier molecular flexibility index (Phi) is 7.08. The first-order valence-electron chi connectivity index (χ1n) is 9.44. The Morgan fingerprint density at radius 1 is 0.821 bits per heavy atom. The van der Waals surface area contributed by atoms with Crippen molar-refractivity contribution in [3.05, 3.63) is 95.6 Å². The summed E-state index contributed by atoms with van der Waals surface area (Å²) in [5.41, 5.74) is 3.04. The molecule has 1 N–H and O–H groups in total. The zero-order chi connectivity index (χ0) is 19.6. The van der Waals surface area contributed by atoms with E-state index in [9.17, 15) is 4.79 Å². The van der Waals surface area contributed by atoms with Gasteiger partial charge >= 0.3 is 0 Å². The van der Waals surface area contributed by atoms with Gasteiger partial charge in [0.1, 0.15) is 6.61 Å². The van der Waals surface area contributed by atoms with E-state index in [0.717, 1.165) is 24.0 Å². The summed E-state index contributed by atoms with van der Waals surface area (Å²) in [6.45, 7) is 0.794. The third kappa shape index (κ3) is 5.36. The van der Waals surface area contributed by atoms with Crippen molar-refractivity contribution in [1.29, 1.82) is 0 Å². The molecular weight excluding hydrogens is 350 g/mol. The second kappa shape index (κ2) is 10.2. The first-order valence-corrected chi connectivity index (χ1v) is 9.44. The summed E-state index contributed by atoms with van der Waals surface area (Å²) in [6, 6.07) is 25.5. The van der Waals surface area contributed by atoms with Crippen molar-refractivity contribution in [2.24, 2.45) is 0 Å². The molecule has 0 radical (unpaired) electrons. The topological polar surface area (TPSA) is 47.6 Å². The highest BCUT2D eigenvalue weighted by Gasteiger charge is 2.11. The Morgan fingerprint density at radius 2 is 1.50 bits per heavy atom. The van der Waals surface area contributed by atoms with Gasteiger partial charge in [-0.05, 0) is 42.2 Å². The van der Waals surface area contributed by atoms with E-state index in [1.807, 2.05) is 66.7 Å². The molecule has 0 atom stereocenters. The number of aryl methyl sites for hydroxylation is 2. The molecule has 0 aliphatic heterocycles. The Balaban J connectivity index is 1.53. The Labute approximate surface area is 166 Å². The van der Waals surface area contributed by atoms with Crippen LogP contribution in [-0.4, -0.2) is 26.2 Å². The lowest BCUT2D eigenvalue weighted by molar-refractivity contribution is 0.0946. The molecule has 0 fully saturated rings. The van der Waals surface area contributed by atoms with Gasteiger partial charge in [0.2, 0.25) is 0 Å². The van der Waals surface area contributed by atoms with Gasteiger partial charge in [-0.3, -0.25) is 4.79 Å². The number of hydrogen-bond acceptors (Lipinski definition) is 3. The number of amides is 1. The predicted octanol–water partition coefficient (Wildman–Crippen LogP) is 4.29. The standard InChI is InChI=1S/C24H25NO3/c1-27-22-13-7-8-14-23(22)28-18-17-25-24(26)21-12-6-5-11-20(21)16-15-19-9-3-2-4-10-19/h2-14H,15-18H2,1H3,(H,25,26). The van der Waals surface area contributed by atoms with Gasteiger partial charge in [0, 0.05) is 5.56 Å². The van der Waals surface area contributed by atoms with Crippen LogP contribution in [0.15, 0.2) is 78.9 Å². The summed E-state index contributed by atoms with van der Waals surface area (Å²) in [6.07, 6.45) is 1.73. The highest BCUT2D eigenvalue weighted by molar-refractivity contribution is 5.95. The summed E-state index contributed by atoms with van der Waals surface area (Å²) in [5.74, 6) is 1.27. The van der Waals surface area contributed by atoms with Crippen LogP contribution in [0.2, 0.25) is 0 Å². The fourth-order valence-corrected chi connectivity index (χ4v) is 3.04. The van der Waals surface area contributed by atoms with Gasteiger partial charge in [-0.25, -0.2) is 0 Å². The van der Waals surface area contributed by atoms with Gasteiger partial charge in [0.05, 0.1) is 13.7 Å².